The van der Waals surface area contributed by atoms with E-state index in [9.17, 15) is 4.79 Å². The van der Waals surface area contributed by atoms with Crippen molar-refractivity contribution in [3.63, 3.8) is 0 Å². The first-order valence-electron chi connectivity index (χ1n) is 7.04. The van der Waals surface area contributed by atoms with Crippen molar-refractivity contribution < 1.29 is 9.53 Å². The van der Waals surface area contributed by atoms with Crippen molar-refractivity contribution in [3.8, 4) is 5.75 Å². The topological polar surface area (TPSA) is 26.3 Å². The van der Waals surface area contributed by atoms with Crippen molar-refractivity contribution in [2.45, 2.75) is 0 Å². The zero-order valence-corrected chi connectivity index (χ0v) is 12.5. The fourth-order valence-corrected chi connectivity index (χ4v) is 1.86. The predicted octanol–water partition coefficient (Wildman–Crippen LogP) is 4.55. The van der Waals surface area contributed by atoms with E-state index in [2.05, 4.69) is 0 Å². The minimum atomic E-state index is -0.0551. The largest absolute Gasteiger partial charge is 0.497 e. The summed E-state index contributed by atoms with van der Waals surface area (Å²) < 4.78 is 5.14. The highest BCUT2D eigenvalue weighted by Gasteiger charge is 1.93. The number of carbonyl (C=O) groups excluding carboxylic acids is 1. The van der Waals surface area contributed by atoms with Gasteiger partial charge in [0, 0.05) is 0 Å². The number of hydrogen-bond donors (Lipinski definition) is 0. The summed E-state index contributed by atoms with van der Waals surface area (Å²) in [6.45, 7) is 0. The Labute approximate surface area is 131 Å². The van der Waals surface area contributed by atoms with Crippen LogP contribution in [0.3, 0.4) is 0 Å². The molecule has 2 aromatic rings. The number of carbonyl (C=O) groups is 1. The Morgan fingerprint density at radius 1 is 0.864 bits per heavy atom. The van der Waals surface area contributed by atoms with E-state index in [-0.39, 0.29) is 5.78 Å². The second-order valence-corrected chi connectivity index (χ2v) is 4.64. The molecule has 0 aromatic heterocycles. The van der Waals surface area contributed by atoms with Gasteiger partial charge in [-0.05, 0) is 35.4 Å². The highest BCUT2D eigenvalue weighted by atomic mass is 16.5. The van der Waals surface area contributed by atoms with Gasteiger partial charge in [-0.1, -0.05) is 66.8 Å². The lowest BCUT2D eigenvalue weighted by Crippen LogP contribution is -1.85. The van der Waals surface area contributed by atoms with E-state index in [0.717, 1.165) is 16.9 Å². The molecule has 0 amide bonds. The number of methoxy groups -OCH3 is 1. The quantitative estimate of drug-likeness (QED) is 0.576. The van der Waals surface area contributed by atoms with Gasteiger partial charge in [-0.25, -0.2) is 0 Å². The monoisotopic (exact) mass is 290 g/mol. The van der Waals surface area contributed by atoms with Gasteiger partial charge in [0.2, 0.25) is 0 Å². The summed E-state index contributed by atoms with van der Waals surface area (Å²) in [5.41, 5.74) is 2.03. The molecule has 0 aliphatic heterocycles. The van der Waals surface area contributed by atoms with Gasteiger partial charge in [-0.15, -0.1) is 0 Å². The molecule has 0 spiro atoms. The summed E-state index contributed by atoms with van der Waals surface area (Å²) >= 11 is 0. The third-order valence-corrected chi connectivity index (χ3v) is 2.99. The standard InChI is InChI=1S/C20H18O2/c1-22-20-13-7-11-18(16-20)14-15-19(21)12-6-5-10-17-8-3-2-4-9-17/h2-16H,1H3. The Hall–Kier alpha value is -2.87. The number of allylic oxidation sites excluding steroid dienone is 4. The molecule has 22 heavy (non-hydrogen) atoms. The molecule has 0 atom stereocenters. The van der Waals surface area contributed by atoms with Crippen LogP contribution in [0.2, 0.25) is 0 Å². The van der Waals surface area contributed by atoms with Crippen LogP contribution in [0.25, 0.3) is 12.2 Å². The molecule has 0 N–H and O–H groups in total. The van der Waals surface area contributed by atoms with E-state index in [1.165, 1.54) is 6.08 Å². The molecule has 0 fully saturated rings. The minimum absolute atomic E-state index is 0.0551. The summed E-state index contributed by atoms with van der Waals surface area (Å²) in [7, 11) is 1.62. The number of ketones is 1. The summed E-state index contributed by atoms with van der Waals surface area (Å²) in [5.74, 6) is 0.719. The van der Waals surface area contributed by atoms with Crippen LogP contribution < -0.4 is 4.74 Å². The Balaban J connectivity index is 1.90. The molecule has 0 heterocycles. The zero-order valence-electron chi connectivity index (χ0n) is 12.5. The Bertz CT molecular complexity index is 695. The lowest BCUT2D eigenvalue weighted by Gasteiger charge is -1.99. The molecule has 0 saturated carbocycles. The third-order valence-electron chi connectivity index (χ3n) is 2.99. The van der Waals surface area contributed by atoms with Crippen LogP contribution in [-0.4, -0.2) is 12.9 Å². The zero-order chi connectivity index (χ0) is 15.6. The fourth-order valence-electron chi connectivity index (χ4n) is 1.86. The van der Waals surface area contributed by atoms with E-state index in [1.54, 1.807) is 25.3 Å². The van der Waals surface area contributed by atoms with Crippen LogP contribution in [0.5, 0.6) is 5.75 Å². The lowest BCUT2D eigenvalue weighted by atomic mass is 10.2. The van der Waals surface area contributed by atoms with Gasteiger partial charge < -0.3 is 4.74 Å². The molecule has 2 rings (SSSR count). The molecule has 2 heteroatoms. The maximum Gasteiger partial charge on any atom is 0.178 e. The molecule has 2 aromatic carbocycles. The summed E-state index contributed by atoms with van der Waals surface area (Å²) in [5, 5.41) is 0. The number of benzene rings is 2. The van der Waals surface area contributed by atoms with E-state index < -0.39 is 0 Å². The average Bonchev–Trinajstić information content (AvgIpc) is 2.58. The van der Waals surface area contributed by atoms with E-state index in [1.807, 2.05) is 66.7 Å². The average molecular weight is 290 g/mol. The van der Waals surface area contributed by atoms with Gasteiger partial charge in [0.15, 0.2) is 5.78 Å². The second-order valence-electron chi connectivity index (χ2n) is 4.64. The summed E-state index contributed by atoms with van der Waals surface area (Å²) in [6, 6.07) is 17.5. The fraction of sp³-hybridized carbons (Fsp3) is 0.0500. The highest BCUT2D eigenvalue weighted by Crippen LogP contribution is 2.13. The Morgan fingerprint density at radius 2 is 1.64 bits per heavy atom. The summed E-state index contributed by atoms with van der Waals surface area (Å²) in [6.07, 6.45) is 10.4. The van der Waals surface area contributed by atoms with Gasteiger partial charge in [0.1, 0.15) is 5.75 Å². The molecule has 110 valence electrons. The van der Waals surface area contributed by atoms with Crippen molar-refractivity contribution in [2.24, 2.45) is 0 Å². The second kappa shape index (κ2) is 8.42. The molecule has 0 saturated heterocycles. The van der Waals surface area contributed by atoms with Gasteiger partial charge in [-0.2, -0.15) is 0 Å². The third kappa shape index (κ3) is 5.25. The Kier molecular flexibility index (Phi) is 5.94. The predicted molar refractivity (Wildman–Crippen MR) is 91.7 cm³/mol. The molecule has 0 aliphatic carbocycles. The lowest BCUT2D eigenvalue weighted by molar-refractivity contribution is -0.110. The maximum absolute atomic E-state index is 11.7. The molecule has 0 bridgehead atoms. The van der Waals surface area contributed by atoms with Crippen LogP contribution in [0.4, 0.5) is 0 Å². The van der Waals surface area contributed by atoms with Crippen molar-refractivity contribution in [2.75, 3.05) is 7.11 Å². The molecular formula is C20H18O2. The van der Waals surface area contributed by atoms with Crippen LogP contribution in [0.1, 0.15) is 11.1 Å². The first-order chi connectivity index (χ1) is 10.8. The Morgan fingerprint density at radius 3 is 2.41 bits per heavy atom. The van der Waals surface area contributed by atoms with Gasteiger partial charge in [0.25, 0.3) is 0 Å². The van der Waals surface area contributed by atoms with Crippen LogP contribution in [0.15, 0.2) is 78.9 Å². The molecule has 2 nitrogen and oxygen atoms in total. The van der Waals surface area contributed by atoms with Gasteiger partial charge in [-0.3, -0.25) is 4.79 Å². The summed E-state index contributed by atoms with van der Waals surface area (Å²) in [4.78, 5) is 11.7. The van der Waals surface area contributed by atoms with E-state index in [4.69, 9.17) is 4.74 Å². The highest BCUT2D eigenvalue weighted by molar-refractivity contribution is 6.02. The van der Waals surface area contributed by atoms with Gasteiger partial charge in [0.05, 0.1) is 7.11 Å². The number of hydrogen-bond acceptors (Lipinski definition) is 2. The number of rotatable bonds is 6. The first-order valence-corrected chi connectivity index (χ1v) is 7.04. The molecular weight excluding hydrogens is 272 g/mol. The maximum atomic E-state index is 11.7. The van der Waals surface area contributed by atoms with E-state index in [0.29, 0.717) is 0 Å². The first kappa shape index (κ1) is 15.5. The van der Waals surface area contributed by atoms with E-state index >= 15 is 0 Å². The molecule has 0 unspecified atom stereocenters. The minimum Gasteiger partial charge on any atom is -0.497 e. The molecule has 0 radical (unpaired) electrons. The van der Waals surface area contributed by atoms with Crippen LogP contribution in [-0.2, 0) is 4.79 Å². The van der Waals surface area contributed by atoms with Crippen molar-refractivity contribution in [1.29, 1.82) is 0 Å². The normalized spacial score (nSPS) is 11.5. The van der Waals surface area contributed by atoms with Crippen molar-refractivity contribution >= 4 is 17.9 Å². The molecule has 0 aliphatic rings. The smallest absolute Gasteiger partial charge is 0.178 e. The number of ether oxygens (including phenoxy) is 1. The van der Waals surface area contributed by atoms with Crippen molar-refractivity contribution in [3.05, 3.63) is 90.0 Å². The van der Waals surface area contributed by atoms with Gasteiger partial charge >= 0.3 is 0 Å². The van der Waals surface area contributed by atoms with Crippen LogP contribution in [0, 0.1) is 0 Å². The SMILES string of the molecule is COc1cccc(C=CC(=O)C=CC=Cc2ccccc2)c1. The van der Waals surface area contributed by atoms with Crippen molar-refractivity contribution in [1.82, 2.24) is 0 Å². The van der Waals surface area contributed by atoms with Crippen LogP contribution >= 0.6 is 0 Å².